The quantitative estimate of drug-likeness (QED) is 0.397. The van der Waals surface area contributed by atoms with E-state index in [4.69, 9.17) is 14.2 Å². The van der Waals surface area contributed by atoms with Gasteiger partial charge in [-0.3, -0.25) is 14.3 Å². The van der Waals surface area contributed by atoms with E-state index >= 15 is 0 Å². The number of fused-ring (bicyclic) bond motifs is 1. The summed E-state index contributed by atoms with van der Waals surface area (Å²) in [5, 5.41) is 20.6. The Kier molecular flexibility index (Phi) is 5.28. The fourth-order valence-electron chi connectivity index (χ4n) is 2.91. The van der Waals surface area contributed by atoms with E-state index in [1.54, 1.807) is 6.07 Å². The summed E-state index contributed by atoms with van der Waals surface area (Å²) in [6, 6.07) is 4.13. The van der Waals surface area contributed by atoms with Crippen molar-refractivity contribution in [1.82, 2.24) is 0 Å². The highest BCUT2D eigenvalue weighted by Gasteiger charge is 2.64. The van der Waals surface area contributed by atoms with Gasteiger partial charge in [-0.15, -0.1) is 0 Å². The van der Waals surface area contributed by atoms with Crippen molar-refractivity contribution in [2.75, 3.05) is 13.2 Å². The standard InChI is InChI=1S/C14H10F4N2O7S/c15-7-1-2-8(20(21)22)9(3-7)26-11-5-24-12-10(4-25-13(11,12)6-19)27-28(23)14(16,17)18/h1-3,10-12H,4-5H2/t10-,11+,12+,13+,28?/m0/s1. The molecule has 0 saturated carbocycles. The molecule has 28 heavy (non-hydrogen) atoms. The molecule has 2 fully saturated rings. The first-order valence-electron chi connectivity index (χ1n) is 7.51. The van der Waals surface area contributed by atoms with Gasteiger partial charge in [-0.05, 0) is 6.07 Å². The molecule has 5 atom stereocenters. The van der Waals surface area contributed by atoms with Crippen LogP contribution in [0.4, 0.5) is 23.2 Å². The molecular weight excluding hydrogens is 416 g/mol. The monoisotopic (exact) mass is 426 g/mol. The van der Waals surface area contributed by atoms with Crippen LogP contribution in [0.25, 0.3) is 0 Å². The lowest BCUT2D eigenvalue weighted by Gasteiger charge is -2.25. The van der Waals surface area contributed by atoms with Crippen molar-refractivity contribution < 1.29 is 45.1 Å². The number of halogens is 4. The van der Waals surface area contributed by atoms with Gasteiger partial charge in [0, 0.05) is 12.1 Å². The molecule has 0 aliphatic carbocycles. The van der Waals surface area contributed by atoms with E-state index in [0.29, 0.717) is 0 Å². The second kappa shape index (κ2) is 7.24. The molecule has 0 bridgehead atoms. The maximum atomic E-state index is 13.5. The number of nitrogens with zero attached hydrogens (tertiary/aromatic N) is 2. The van der Waals surface area contributed by atoms with Crippen molar-refractivity contribution in [2.45, 2.75) is 29.4 Å². The molecule has 1 aromatic rings. The highest BCUT2D eigenvalue weighted by molar-refractivity contribution is 7.81. The summed E-state index contributed by atoms with van der Waals surface area (Å²) in [5.41, 5.74) is -7.73. The number of benzene rings is 1. The Bertz CT molecular complexity index is 861. The van der Waals surface area contributed by atoms with Crippen molar-refractivity contribution in [2.24, 2.45) is 0 Å². The minimum atomic E-state index is -5.14. The molecule has 0 amide bonds. The van der Waals surface area contributed by atoms with Gasteiger partial charge in [0.05, 0.1) is 18.1 Å². The average Bonchev–Trinajstić information content (AvgIpc) is 3.13. The lowest BCUT2D eigenvalue weighted by molar-refractivity contribution is -0.386. The fourth-order valence-corrected chi connectivity index (χ4v) is 3.40. The summed E-state index contributed by atoms with van der Waals surface area (Å²) in [6.07, 6.45) is -4.24. The van der Waals surface area contributed by atoms with Gasteiger partial charge in [0.2, 0.25) is 11.4 Å². The van der Waals surface area contributed by atoms with E-state index in [-0.39, 0.29) is 0 Å². The summed E-state index contributed by atoms with van der Waals surface area (Å²) in [7, 11) is 0. The average molecular weight is 426 g/mol. The molecule has 0 aromatic heterocycles. The number of nitriles is 1. The molecule has 1 aromatic carbocycles. The van der Waals surface area contributed by atoms with Crippen molar-refractivity contribution in [3.63, 3.8) is 0 Å². The fraction of sp³-hybridized carbons (Fsp3) is 0.500. The molecular formula is C14H10F4N2O7S. The zero-order chi connectivity index (χ0) is 20.7. The third-order valence-electron chi connectivity index (χ3n) is 4.11. The Labute approximate surface area is 156 Å². The van der Waals surface area contributed by atoms with Gasteiger partial charge in [-0.25, -0.2) is 8.60 Å². The smallest absolute Gasteiger partial charge is 0.477 e. The Morgan fingerprint density at radius 2 is 2.11 bits per heavy atom. The van der Waals surface area contributed by atoms with E-state index in [1.807, 2.05) is 0 Å². The first kappa shape index (κ1) is 20.4. The summed E-state index contributed by atoms with van der Waals surface area (Å²) < 4.78 is 82.3. The topological polar surface area (TPSA) is 121 Å². The molecule has 14 heteroatoms. The molecule has 3 rings (SSSR count). The van der Waals surface area contributed by atoms with Crippen LogP contribution in [0, 0.1) is 27.3 Å². The van der Waals surface area contributed by atoms with Crippen LogP contribution in [0.2, 0.25) is 0 Å². The zero-order valence-electron chi connectivity index (χ0n) is 13.6. The summed E-state index contributed by atoms with van der Waals surface area (Å²) >= 11 is -3.67. The van der Waals surface area contributed by atoms with Gasteiger partial charge >= 0.3 is 11.2 Å². The largest absolute Gasteiger partial charge is 0.497 e. The Morgan fingerprint density at radius 1 is 1.39 bits per heavy atom. The molecule has 0 spiro atoms. The van der Waals surface area contributed by atoms with Crippen LogP contribution in [-0.2, 0) is 24.7 Å². The molecule has 0 N–H and O–H groups in total. The molecule has 152 valence electrons. The highest BCUT2D eigenvalue weighted by atomic mass is 32.2. The number of nitro groups is 1. The zero-order valence-corrected chi connectivity index (χ0v) is 14.4. The van der Waals surface area contributed by atoms with Gasteiger partial charge in [-0.2, -0.15) is 18.4 Å². The second-order valence-electron chi connectivity index (χ2n) is 5.76. The molecule has 2 aliphatic heterocycles. The number of hydrogen-bond donors (Lipinski definition) is 0. The van der Waals surface area contributed by atoms with Crippen LogP contribution in [0.3, 0.4) is 0 Å². The Balaban J connectivity index is 1.83. The van der Waals surface area contributed by atoms with Crippen molar-refractivity contribution in [3.05, 3.63) is 34.1 Å². The molecule has 2 aliphatic rings. The van der Waals surface area contributed by atoms with Crippen LogP contribution in [0.15, 0.2) is 18.2 Å². The molecule has 9 nitrogen and oxygen atoms in total. The van der Waals surface area contributed by atoms with Gasteiger partial charge in [0.25, 0.3) is 11.1 Å². The van der Waals surface area contributed by atoms with Crippen LogP contribution >= 0.6 is 0 Å². The molecule has 2 heterocycles. The van der Waals surface area contributed by atoms with E-state index in [9.17, 15) is 37.1 Å². The predicted molar refractivity (Wildman–Crippen MR) is 80.6 cm³/mol. The summed E-state index contributed by atoms with van der Waals surface area (Å²) in [5.74, 6) is -1.36. The maximum Gasteiger partial charge on any atom is 0.497 e. The van der Waals surface area contributed by atoms with Crippen molar-refractivity contribution >= 4 is 16.8 Å². The summed E-state index contributed by atoms with van der Waals surface area (Å²) in [4.78, 5) is 10.2. The Morgan fingerprint density at radius 3 is 2.71 bits per heavy atom. The minimum Gasteiger partial charge on any atom is -0.477 e. The minimum absolute atomic E-state index is 0.412. The van der Waals surface area contributed by atoms with Gasteiger partial charge in [0.15, 0.2) is 6.10 Å². The SMILES string of the molecule is N#C[C@]12OC[C@H](OS(=O)C(F)(F)F)[C@H]1OC[C@H]2Oc1cc(F)ccc1[N+](=O)[O-]. The van der Waals surface area contributed by atoms with Crippen molar-refractivity contribution in [3.8, 4) is 11.8 Å². The third-order valence-corrected chi connectivity index (χ3v) is 4.91. The number of alkyl halides is 3. The molecule has 0 radical (unpaired) electrons. The Hall–Kier alpha value is -2.34. The number of ether oxygens (including phenoxy) is 3. The van der Waals surface area contributed by atoms with E-state index < -0.39 is 75.9 Å². The number of nitro benzene ring substituents is 1. The first-order chi connectivity index (χ1) is 13.1. The summed E-state index contributed by atoms with van der Waals surface area (Å²) in [6.45, 7) is -0.977. The van der Waals surface area contributed by atoms with E-state index in [2.05, 4.69) is 4.18 Å². The van der Waals surface area contributed by atoms with Crippen LogP contribution in [0.1, 0.15) is 0 Å². The van der Waals surface area contributed by atoms with Gasteiger partial charge in [-0.1, -0.05) is 0 Å². The second-order valence-corrected chi connectivity index (χ2v) is 6.89. The molecule has 2 saturated heterocycles. The molecule has 1 unspecified atom stereocenters. The van der Waals surface area contributed by atoms with E-state index in [0.717, 1.165) is 18.2 Å². The van der Waals surface area contributed by atoms with Crippen LogP contribution in [-0.4, -0.2) is 51.8 Å². The third kappa shape index (κ3) is 3.53. The van der Waals surface area contributed by atoms with Crippen LogP contribution < -0.4 is 4.74 Å². The van der Waals surface area contributed by atoms with E-state index in [1.165, 1.54) is 0 Å². The predicted octanol–water partition coefficient (Wildman–Crippen LogP) is 1.74. The maximum absolute atomic E-state index is 13.5. The van der Waals surface area contributed by atoms with Gasteiger partial charge in [0.1, 0.15) is 24.1 Å². The lowest BCUT2D eigenvalue weighted by Crippen LogP contribution is -2.49. The van der Waals surface area contributed by atoms with Crippen molar-refractivity contribution in [1.29, 1.82) is 5.26 Å². The van der Waals surface area contributed by atoms with Gasteiger partial charge < -0.3 is 14.2 Å². The number of rotatable bonds is 5. The number of hydrogen-bond acceptors (Lipinski definition) is 8. The lowest BCUT2D eigenvalue weighted by atomic mass is 9.94. The van der Waals surface area contributed by atoms with Crippen LogP contribution in [0.5, 0.6) is 5.75 Å². The first-order valence-corrected chi connectivity index (χ1v) is 8.59. The normalized spacial score (nSPS) is 30.5. The highest BCUT2D eigenvalue weighted by Crippen LogP contribution is 2.42.